The molecular formula is C16H20BrNO3. The number of aliphatic carboxylic acids is 1. The van der Waals surface area contributed by atoms with Crippen LogP contribution in [-0.4, -0.2) is 34.0 Å². The average Bonchev–Trinajstić information content (AvgIpc) is 2.38. The van der Waals surface area contributed by atoms with E-state index >= 15 is 0 Å². The topological polar surface area (TPSA) is 57.6 Å². The van der Waals surface area contributed by atoms with E-state index in [4.69, 9.17) is 0 Å². The Morgan fingerprint density at radius 1 is 1.38 bits per heavy atom. The Hall–Kier alpha value is -1.62. The molecule has 0 saturated carbocycles. The van der Waals surface area contributed by atoms with Crippen LogP contribution in [0.1, 0.15) is 31.9 Å². The van der Waals surface area contributed by atoms with Gasteiger partial charge in [0.1, 0.15) is 5.54 Å². The van der Waals surface area contributed by atoms with Gasteiger partial charge in [-0.05, 0) is 51.0 Å². The predicted molar refractivity (Wildman–Crippen MR) is 87.0 cm³/mol. The van der Waals surface area contributed by atoms with E-state index in [2.05, 4.69) is 15.9 Å². The van der Waals surface area contributed by atoms with Crippen molar-refractivity contribution < 1.29 is 14.7 Å². The first-order chi connectivity index (χ1) is 9.70. The first-order valence-corrected chi connectivity index (χ1v) is 7.48. The molecule has 0 aliphatic carbocycles. The molecule has 1 aromatic carbocycles. The van der Waals surface area contributed by atoms with Gasteiger partial charge in [0.05, 0.1) is 0 Å². The highest BCUT2D eigenvalue weighted by Gasteiger charge is 2.35. The van der Waals surface area contributed by atoms with Crippen LogP contribution in [0.5, 0.6) is 0 Å². The molecule has 0 bridgehead atoms. The largest absolute Gasteiger partial charge is 0.480 e. The summed E-state index contributed by atoms with van der Waals surface area (Å²) in [6, 6.07) is 5.82. The van der Waals surface area contributed by atoms with Gasteiger partial charge in [0.25, 0.3) is 0 Å². The Balaban J connectivity index is 2.98. The fraction of sp³-hybridized carbons (Fsp3) is 0.375. The average molecular weight is 354 g/mol. The summed E-state index contributed by atoms with van der Waals surface area (Å²) in [5.41, 5.74) is 0.756. The van der Waals surface area contributed by atoms with E-state index in [1.165, 1.54) is 24.8 Å². The normalized spacial score (nSPS) is 11.7. The summed E-state index contributed by atoms with van der Waals surface area (Å²) in [5.74, 6) is -1.35. The maximum atomic E-state index is 12.2. The van der Waals surface area contributed by atoms with Crippen LogP contribution in [0, 0.1) is 6.92 Å². The molecule has 1 amide bonds. The number of benzene rings is 1. The molecule has 114 valence electrons. The highest BCUT2D eigenvalue weighted by Crippen LogP contribution is 2.20. The molecule has 0 atom stereocenters. The minimum absolute atomic E-state index is 0.322. The number of aryl methyl sites for hydroxylation is 1. The van der Waals surface area contributed by atoms with Gasteiger partial charge in [-0.1, -0.05) is 28.1 Å². The standard InChI is InChI=1S/C16H20BrNO3/c1-5-18(16(3,4)15(20)21)14(19)9-8-12-7-6-11(2)10-13(12)17/h6-10H,5H2,1-4H3,(H,20,21). The number of carboxylic acids is 1. The number of halogens is 1. The second kappa shape index (κ2) is 6.89. The van der Waals surface area contributed by atoms with Crippen LogP contribution < -0.4 is 0 Å². The number of hydrogen-bond donors (Lipinski definition) is 1. The number of carbonyl (C=O) groups is 2. The third-order valence-electron chi connectivity index (χ3n) is 3.34. The van der Waals surface area contributed by atoms with E-state index < -0.39 is 11.5 Å². The van der Waals surface area contributed by atoms with Crippen molar-refractivity contribution in [3.05, 3.63) is 39.9 Å². The Labute approximate surface area is 133 Å². The second-order valence-electron chi connectivity index (χ2n) is 5.30. The molecule has 0 saturated heterocycles. The smallest absolute Gasteiger partial charge is 0.329 e. The highest BCUT2D eigenvalue weighted by molar-refractivity contribution is 9.10. The summed E-state index contributed by atoms with van der Waals surface area (Å²) in [7, 11) is 0. The highest BCUT2D eigenvalue weighted by atomic mass is 79.9. The van der Waals surface area contributed by atoms with Crippen molar-refractivity contribution in [1.82, 2.24) is 4.90 Å². The zero-order valence-electron chi connectivity index (χ0n) is 12.7. The monoisotopic (exact) mass is 353 g/mol. The summed E-state index contributed by atoms with van der Waals surface area (Å²) in [6.45, 7) is 7.12. The minimum atomic E-state index is -1.24. The summed E-state index contributed by atoms with van der Waals surface area (Å²) in [6.07, 6.45) is 3.09. The SMILES string of the molecule is CCN(C(=O)C=Cc1ccc(C)cc1Br)C(C)(C)C(=O)O. The molecule has 0 heterocycles. The van der Waals surface area contributed by atoms with Crippen molar-refractivity contribution in [2.75, 3.05) is 6.54 Å². The second-order valence-corrected chi connectivity index (χ2v) is 6.16. The number of amides is 1. The maximum absolute atomic E-state index is 12.2. The Morgan fingerprint density at radius 2 is 2.00 bits per heavy atom. The molecule has 0 aliphatic heterocycles. The molecule has 0 unspecified atom stereocenters. The van der Waals surface area contributed by atoms with E-state index in [1.54, 1.807) is 13.0 Å². The van der Waals surface area contributed by atoms with Gasteiger partial charge in [0, 0.05) is 17.1 Å². The van der Waals surface area contributed by atoms with E-state index in [9.17, 15) is 14.7 Å². The number of rotatable bonds is 5. The van der Waals surface area contributed by atoms with E-state index in [-0.39, 0.29) is 5.91 Å². The Bertz CT molecular complexity index is 579. The lowest BCUT2D eigenvalue weighted by Crippen LogP contribution is -2.52. The first-order valence-electron chi connectivity index (χ1n) is 6.69. The molecule has 4 nitrogen and oxygen atoms in total. The Morgan fingerprint density at radius 3 is 2.48 bits per heavy atom. The lowest BCUT2D eigenvalue weighted by molar-refractivity contribution is -0.154. The minimum Gasteiger partial charge on any atom is -0.480 e. The molecule has 0 fully saturated rings. The summed E-state index contributed by atoms with van der Waals surface area (Å²) < 4.78 is 0.895. The third-order valence-corrected chi connectivity index (χ3v) is 4.03. The molecular weight excluding hydrogens is 334 g/mol. The van der Waals surface area contributed by atoms with Crippen molar-refractivity contribution in [2.45, 2.75) is 33.2 Å². The molecule has 1 N–H and O–H groups in total. The quantitative estimate of drug-likeness (QED) is 0.824. The lowest BCUT2D eigenvalue weighted by Gasteiger charge is -2.33. The van der Waals surface area contributed by atoms with Crippen LogP contribution in [0.3, 0.4) is 0 Å². The van der Waals surface area contributed by atoms with Crippen molar-refractivity contribution in [3.8, 4) is 0 Å². The summed E-state index contributed by atoms with van der Waals surface area (Å²) >= 11 is 3.44. The van der Waals surface area contributed by atoms with Crippen LogP contribution in [0.15, 0.2) is 28.7 Å². The number of nitrogens with zero attached hydrogens (tertiary/aromatic N) is 1. The first kappa shape index (κ1) is 17.4. The number of likely N-dealkylation sites (N-methyl/N-ethyl adjacent to an activating group) is 1. The van der Waals surface area contributed by atoms with Gasteiger partial charge < -0.3 is 10.0 Å². The molecule has 0 spiro atoms. The number of carbonyl (C=O) groups excluding carboxylic acids is 1. The van der Waals surface area contributed by atoms with Crippen LogP contribution >= 0.6 is 15.9 Å². The fourth-order valence-corrected chi connectivity index (χ4v) is 2.59. The molecule has 0 radical (unpaired) electrons. The number of carboxylic acid groups (broad SMARTS) is 1. The van der Waals surface area contributed by atoms with E-state index in [1.807, 2.05) is 25.1 Å². The molecule has 21 heavy (non-hydrogen) atoms. The predicted octanol–water partition coefficient (Wildman–Crippen LogP) is 3.48. The van der Waals surface area contributed by atoms with Crippen molar-refractivity contribution in [1.29, 1.82) is 0 Å². The van der Waals surface area contributed by atoms with Crippen LogP contribution in [0.2, 0.25) is 0 Å². The van der Waals surface area contributed by atoms with Crippen molar-refractivity contribution in [3.63, 3.8) is 0 Å². The van der Waals surface area contributed by atoms with Crippen LogP contribution in [0.25, 0.3) is 6.08 Å². The molecule has 0 aromatic heterocycles. The third kappa shape index (κ3) is 4.17. The van der Waals surface area contributed by atoms with Gasteiger partial charge in [-0.2, -0.15) is 0 Å². The maximum Gasteiger partial charge on any atom is 0.329 e. The van der Waals surface area contributed by atoms with E-state index in [0.29, 0.717) is 6.54 Å². The van der Waals surface area contributed by atoms with Gasteiger partial charge in [-0.25, -0.2) is 4.79 Å². The van der Waals surface area contributed by atoms with Crippen LogP contribution in [-0.2, 0) is 9.59 Å². The molecule has 5 heteroatoms. The molecule has 0 aliphatic rings. The van der Waals surface area contributed by atoms with Crippen molar-refractivity contribution in [2.24, 2.45) is 0 Å². The zero-order chi connectivity index (χ0) is 16.2. The van der Waals surface area contributed by atoms with Gasteiger partial charge >= 0.3 is 5.97 Å². The summed E-state index contributed by atoms with van der Waals surface area (Å²) in [5, 5.41) is 9.23. The van der Waals surface area contributed by atoms with Crippen molar-refractivity contribution >= 4 is 33.9 Å². The summed E-state index contributed by atoms with van der Waals surface area (Å²) in [4.78, 5) is 24.8. The van der Waals surface area contributed by atoms with Gasteiger partial charge in [0.15, 0.2) is 0 Å². The van der Waals surface area contributed by atoms with Gasteiger partial charge in [-0.3, -0.25) is 4.79 Å². The number of hydrogen-bond acceptors (Lipinski definition) is 2. The fourth-order valence-electron chi connectivity index (χ4n) is 1.96. The lowest BCUT2D eigenvalue weighted by atomic mass is 10.0. The Kier molecular flexibility index (Phi) is 5.72. The van der Waals surface area contributed by atoms with Gasteiger partial charge in [-0.15, -0.1) is 0 Å². The van der Waals surface area contributed by atoms with Crippen LogP contribution in [0.4, 0.5) is 0 Å². The molecule has 1 rings (SSSR count). The zero-order valence-corrected chi connectivity index (χ0v) is 14.3. The van der Waals surface area contributed by atoms with E-state index in [0.717, 1.165) is 15.6 Å². The molecule has 1 aromatic rings. The van der Waals surface area contributed by atoms with Gasteiger partial charge in [0.2, 0.25) is 5.91 Å².